The highest BCUT2D eigenvalue weighted by molar-refractivity contribution is 9.10. The molecule has 1 heterocycles. The van der Waals surface area contributed by atoms with E-state index in [9.17, 15) is 4.79 Å². The van der Waals surface area contributed by atoms with Crippen molar-refractivity contribution < 1.29 is 9.53 Å². The number of rotatable bonds is 4. The van der Waals surface area contributed by atoms with Crippen molar-refractivity contribution in [3.8, 4) is 5.75 Å². The van der Waals surface area contributed by atoms with Gasteiger partial charge in [-0.3, -0.25) is 15.6 Å². The monoisotopic (exact) mass is 420 g/mol. The van der Waals surface area contributed by atoms with E-state index in [1.54, 1.807) is 6.07 Å². The van der Waals surface area contributed by atoms with Crippen molar-refractivity contribution in [2.45, 2.75) is 6.10 Å². The fourth-order valence-corrected chi connectivity index (χ4v) is 3.42. The maximum atomic E-state index is 12.5. The largest absolute Gasteiger partial charge is 0.481 e. The third kappa shape index (κ3) is 3.73. The summed E-state index contributed by atoms with van der Waals surface area (Å²) in [5.74, 6) is 0.551. The van der Waals surface area contributed by atoms with Gasteiger partial charge in [-0.05, 0) is 51.8 Å². The van der Waals surface area contributed by atoms with E-state index in [-0.39, 0.29) is 12.0 Å². The minimum absolute atomic E-state index is 0.219. The molecule has 1 aliphatic heterocycles. The van der Waals surface area contributed by atoms with Crippen LogP contribution >= 0.6 is 15.9 Å². The zero-order valence-corrected chi connectivity index (χ0v) is 15.9. The van der Waals surface area contributed by atoms with Crippen LogP contribution in [-0.2, 0) is 0 Å². The molecule has 1 atom stereocenters. The first kappa shape index (κ1) is 17.4. The molecule has 134 valence electrons. The molecule has 27 heavy (non-hydrogen) atoms. The van der Waals surface area contributed by atoms with E-state index in [4.69, 9.17) is 4.74 Å². The summed E-state index contributed by atoms with van der Waals surface area (Å²) < 4.78 is 6.87. The second kappa shape index (κ2) is 7.68. The minimum Gasteiger partial charge on any atom is -0.481 e. The molecule has 4 rings (SSSR count). The number of halogens is 1. The lowest BCUT2D eigenvalue weighted by atomic mass is 10.0. The lowest BCUT2D eigenvalue weighted by Crippen LogP contribution is -2.37. The zero-order valence-electron chi connectivity index (χ0n) is 14.4. The van der Waals surface area contributed by atoms with Gasteiger partial charge in [0.1, 0.15) is 11.9 Å². The van der Waals surface area contributed by atoms with Crippen LogP contribution in [0.3, 0.4) is 0 Å². The number of hydrazine groups is 1. The Morgan fingerprint density at radius 1 is 0.889 bits per heavy atom. The summed E-state index contributed by atoms with van der Waals surface area (Å²) in [7, 11) is 0. The van der Waals surface area contributed by atoms with E-state index >= 15 is 0 Å². The summed E-state index contributed by atoms with van der Waals surface area (Å²) in [6, 6.07) is 25.0. The summed E-state index contributed by atoms with van der Waals surface area (Å²) in [5, 5.41) is 0. The van der Waals surface area contributed by atoms with Crippen LogP contribution in [0.5, 0.6) is 5.75 Å². The number of hydrogen-bond acceptors (Lipinski definition) is 3. The Bertz CT molecular complexity index is 1000. The van der Waals surface area contributed by atoms with Gasteiger partial charge in [-0.25, -0.2) is 0 Å². The lowest BCUT2D eigenvalue weighted by molar-refractivity contribution is 0.0941. The molecule has 3 aromatic rings. The summed E-state index contributed by atoms with van der Waals surface area (Å²) in [4.78, 5) is 12.5. The number of nitrogens with one attached hydrogen (secondary N) is 2. The summed E-state index contributed by atoms with van der Waals surface area (Å²) in [5.41, 5.74) is 9.15. The Morgan fingerprint density at radius 2 is 1.59 bits per heavy atom. The zero-order chi connectivity index (χ0) is 18.6. The van der Waals surface area contributed by atoms with Gasteiger partial charge in [-0.15, -0.1) is 0 Å². The van der Waals surface area contributed by atoms with Crippen molar-refractivity contribution in [2.75, 3.05) is 0 Å². The van der Waals surface area contributed by atoms with Crippen LogP contribution in [0.15, 0.2) is 89.4 Å². The highest BCUT2D eigenvalue weighted by atomic mass is 79.9. The molecule has 2 N–H and O–H groups in total. The average molecular weight is 421 g/mol. The van der Waals surface area contributed by atoms with Gasteiger partial charge in [0.25, 0.3) is 5.91 Å². The van der Waals surface area contributed by atoms with Crippen molar-refractivity contribution in [2.24, 2.45) is 0 Å². The fraction of sp³-hybridized carbons (Fsp3) is 0.0455. The van der Waals surface area contributed by atoms with Crippen molar-refractivity contribution in [1.82, 2.24) is 10.9 Å². The highest BCUT2D eigenvalue weighted by Crippen LogP contribution is 2.35. The molecule has 0 radical (unpaired) electrons. The van der Waals surface area contributed by atoms with Gasteiger partial charge in [-0.1, -0.05) is 54.6 Å². The molecule has 1 aliphatic rings. The van der Waals surface area contributed by atoms with Gasteiger partial charge in [0.2, 0.25) is 0 Å². The fourth-order valence-electron chi connectivity index (χ4n) is 2.96. The molecule has 0 unspecified atom stereocenters. The Morgan fingerprint density at radius 3 is 2.41 bits per heavy atom. The van der Waals surface area contributed by atoms with Crippen LogP contribution in [0, 0.1) is 0 Å². The van der Waals surface area contributed by atoms with Crippen LogP contribution in [-0.4, -0.2) is 5.91 Å². The average Bonchev–Trinajstić information content (AvgIpc) is 2.72. The number of hydrogen-bond donors (Lipinski definition) is 2. The number of fused-ring (bicyclic) bond motifs is 1. The van der Waals surface area contributed by atoms with Crippen molar-refractivity contribution in [3.05, 3.63) is 106 Å². The molecule has 1 amide bonds. The van der Waals surface area contributed by atoms with Gasteiger partial charge in [0.15, 0.2) is 0 Å². The van der Waals surface area contributed by atoms with E-state index in [0.29, 0.717) is 5.56 Å². The van der Waals surface area contributed by atoms with Gasteiger partial charge in [0, 0.05) is 10.0 Å². The van der Waals surface area contributed by atoms with Crippen molar-refractivity contribution in [1.29, 1.82) is 0 Å². The molecular weight excluding hydrogens is 404 g/mol. The number of amides is 1. The normalized spacial score (nSPS) is 15.1. The van der Waals surface area contributed by atoms with Crippen molar-refractivity contribution in [3.63, 3.8) is 0 Å². The van der Waals surface area contributed by atoms with E-state index in [1.165, 1.54) is 0 Å². The van der Waals surface area contributed by atoms with Gasteiger partial charge >= 0.3 is 0 Å². The smallest absolute Gasteiger partial charge is 0.270 e. The van der Waals surface area contributed by atoms with Crippen LogP contribution < -0.4 is 15.6 Å². The topological polar surface area (TPSA) is 50.4 Å². The second-order valence-corrected chi connectivity index (χ2v) is 6.94. The quantitative estimate of drug-likeness (QED) is 0.592. The first-order chi connectivity index (χ1) is 13.2. The molecule has 0 bridgehead atoms. The number of carbonyl (C=O) groups is 1. The van der Waals surface area contributed by atoms with E-state index in [0.717, 1.165) is 27.0 Å². The summed E-state index contributed by atoms with van der Waals surface area (Å²) in [6.45, 7) is 0. The Hall–Kier alpha value is -3.05. The summed E-state index contributed by atoms with van der Waals surface area (Å²) >= 11 is 3.41. The third-order valence-electron chi connectivity index (χ3n) is 4.31. The number of para-hydroxylation sites is 1. The van der Waals surface area contributed by atoms with Crippen molar-refractivity contribution >= 4 is 27.5 Å². The first-order valence-corrected chi connectivity index (χ1v) is 9.35. The van der Waals surface area contributed by atoms with E-state index < -0.39 is 0 Å². The molecule has 0 saturated carbocycles. The predicted octanol–water partition coefficient (Wildman–Crippen LogP) is 4.86. The molecule has 5 heteroatoms. The maximum Gasteiger partial charge on any atom is 0.270 e. The molecule has 3 aromatic carbocycles. The number of carbonyl (C=O) groups excluding carboxylic acids is 1. The van der Waals surface area contributed by atoms with Crippen LogP contribution in [0.4, 0.5) is 0 Å². The van der Waals surface area contributed by atoms with E-state index in [2.05, 4.69) is 26.8 Å². The highest BCUT2D eigenvalue weighted by Gasteiger charge is 2.22. The minimum atomic E-state index is -0.232. The molecule has 4 nitrogen and oxygen atoms in total. The van der Waals surface area contributed by atoms with Crippen LogP contribution in [0.2, 0.25) is 0 Å². The Labute approximate surface area is 166 Å². The van der Waals surface area contributed by atoms with Gasteiger partial charge in [-0.2, -0.15) is 0 Å². The van der Waals surface area contributed by atoms with Crippen LogP contribution in [0.25, 0.3) is 5.70 Å². The Balaban J connectivity index is 1.60. The SMILES string of the molecule is O=C(NNC1=C[C@H](c2ccccc2)Oc2ccccc21)c1ccccc1Br. The Kier molecular flexibility index (Phi) is 4.94. The molecular formula is C22H17BrN2O2. The van der Waals surface area contributed by atoms with Crippen LogP contribution in [0.1, 0.15) is 27.6 Å². The third-order valence-corrected chi connectivity index (χ3v) is 5.00. The molecule has 0 fully saturated rings. The summed E-state index contributed by atoms with van der Waals surface area (Å²) in [6.07, 6.45) is 1.74. The van der Waals surface area contributed by atoms with Gasteiger partial charge in [0.05, 0.1) is 11.3 Å². The number of benzene rings is 3. The van der Waals surface area contributed by atoms with Gasteiger partial charge < -0.3 is 4.74 Å². The first-order valence-electron chi connectivity index (χ1n) is 8.56. The standard InChI is InChI=1S/C22H17BrN2O2/c23-18-12-6-4-10-16(18)22(26)25-24-19-14-21(15-8-2-1-3-9-15)27-20-13-7-5-11-17(19)20/h1-14,21,24H,(H,25,26)/t21-/m1/s1. The molecule has 0 aliphatic carbocycles. The lowest BCUT2D eigenvalue weighted by Gasteiger charge is -2.26. The number of ether oxygens (including phenoxy) is 1. The molecule has 0 aromatic heterocycles. The van der Waals surface area contributed by atoms with E-state index in [1.807, 2.05) is 78.9 Å². The molecule has 0 spiro atoms. The second-order valence-electron chi connectivity index (χ2n) is 6.08. The predicted molar refractivity (Wildman–Crippen MR) is 109 cm³/mol. The maximum absolute atomic E-state index is 12.5. The molecule has 0 saturated heterocycles.